The van der Waals surface area contributed by atoms with Gasteiger partial charge in [-0.2, -0.15) is 5.10 Å². The Morgan fingerprint density at radius 1 is 1.50 bits per heavy atom. The van der Waals surface area contributed by atoms with Crippen molar-refractivity contribution in [3.05, 3.63) is 39.5 Å². The van der Waals surface area contributed by atoms with E-state index in [1.165, 1.54) is 0 Å². The van der Waals surface area contributed by atoms with Crippen LogP contribution in [0.25, 0.3) is 11.3 Å². The molecule has 0 bridgehead atoms. The molecule has 1 aromatic carbocycles. The van der Waals surface area contributed by atoms with Crippen molar-refractivity contribution in [2.75, 3.05) is 6.61 Å². The van der Waals surface area contributed by atoms with Crippen molar-refractivity contribution >= 4 is 33.5 Å². The Bertz CT molecular complexity index is 583. The minimum absolute atomic E-state index is 0.328. The predicted molar refractivity (Wildman–Crippen MR) is 72.7 cm³/mol. The van der Waals surface area contributed by atoms with Gasteiger partial charge in [0.15, 0.2) is 0 Å². The molecule has 1 aromatic heterocycles. The molecule has 0 atom stereocenters. The molecule has 0 saturated carbocycles. The minimum atomic E-state index is -0.415. The molecule has 6 heteroatoms. The summed E-state index contributed by atoms with van der Waals surface area (Å²) in [6.45, 7) is 2.09. The second kappa shape index (κ2) is 5.54. The maximum absolute atomic E-state index is 11.5. The van der Waals surface area contributed by atoms with Crippen LogP contribution in [0.3, 0.4) is 0 Å². The molecule has 0 aliphatic heterocycles. The molecule has 1 N–H and O–H groups in total. The van der Waals surface area contributed by atoms with Crippen LogP contribution in [0.4, 0.5) is 0 Å². The fourth-order valence-corrected chi connectivity index (χ4v) is 2.36. The lowest BCUT2D eigenvalue weighted by Crippen LogP contribution is -2.04. The van der Waals surface area contributed by atoms with E-state index in [0.29, 0.717) is 23.0 Å². The molecule has 0 saturated heterocycles. The molecule has 4 nitrogen and oxygen atoms in total. The summed E-state index contributed by atoms with van der Waals surface area (Å²) in [6, 6.07) is 7.01. The molecule has 18 heavy (non-hydrogen) atoms. The van der Waals surface area contributed by atoms with Gasteiger partial charge in [-0.05, 0) is 25.1 Å². The Hall–Kier alpha value is -1.33. The van der Waals surface area contributed by atoms with Crippen LogP contribution < -0.4 is 0 Å². The van der Waals surface area contributed by atoms with E-state index in [2.05, 4.69) is 26.1 Å². The molecular weight excluding hydrogens is 320 g/mol. The second-order valence-electron chi connectivity index (χ2n) is 3.51. The van der Waals surface area contributed by atoms with E-state index in [-0.39, 0.29) is 0 Å². The summed E-state index contributed by atoms with van der Waals surface area (Å²) in [5, 5.41) is 7.36. The molecule has 0 fully saturated rings. The number of rotatable bonds is 3. The summed E-state index contributed by atoms with van der Waals surface area (Å²) in [5.74, 6) is -0.415. The van der Waals surface area contributed by atoms with E-state index < -0.39 is 5.97 Å². The standard InChI is InChI=1S/C12H10BrClN2O2/c1-2-18-12(17)11-6-10(15-16-11)8-4-3-7(14)5-9(8)13/h3-6H,2H2,1H3,(H,15,16). The highest BCUT2D eigenvalue weighted by molar-refractivity contribution is 9.10. The smallest absolute Gasteiger partial charge is 0.356 e. The Labute approximate surface area is 117 Å². The first-order valence-corrected chi connectivity index (χ1v) is 6.47. The number of halogens is 2. The highest BCUT2D eigenvalue weighted by Gasteiger charge is 2.13. The monoisotopic (exact) mass is 328 g/mol. The van der Waals surface area contributed by atoms with Crippen molar-refractivity contribution in [3.63, 3.8) is 0 Å². The number of aromatic amines is 1. The number of aromatic nitrogens is 2. The van der Waals surface area contributed by atoms with E-state index >= 15 is 0 Å². The molecule has 2 rings (SSSR count). The number of benzene rings is 1. The summed E-state index contributed by atoms with van der Waals surface area (Å²) in [7, 11) is 0. The van der Waals surface area contributed by atoms with Crippen molar-refractivity contribution in [2.24, 2.45) is 0 Å². The maximum atomic E-state index is 11.5. The van der Waals surface area contributed by atoms with Crippen LogP contribution in [0.5, 0.6) is 0 Å². The van der Waals surface area contributed by atoms with Gasteiger partial charge in [-0.15, -0.1) is 0 Å². The summed E-state index contributed by atoms with van der Waals surface area (Å²) in [4.78, 5) is 11.5. The number of hydrogen-bond donors (Lipinski definition) is 1. The summed E-state index contributed by atoms with van der Waals surface area (Å²) >= 11 is 9.28. The lowest BCUT2D eigenvalue weighted by Gasteiger charge is -2.00. The van der Waals surface area contributed by atoms with Crippen LogP contribution in [-0.4, -0.2) is 22.8 Å². The molecular formula is C12H10BrClN2O2. The molecule has 0 aliphatic rings. The van der Waals surface area contributed by atoms with Crippen molar-refractivity contribution in [2.45, 2.75) is 6.92 Å². The molecule has 1 heterocycles. The van der Waals surface area contributed by atoms with Crippen LogP contribution in [0, 0.1) is 0 Å². The van der Waals surface area contributed by atoms with Gasteiger partial charge in [-0.3, -0.25) is 5.10 Å². The highest BCUT2D eigenvalue weighted by Crippen LogP contribution is 2.29. The van der Waals surface area contributed by atoms with Crippen molar-refractivity contribution < 1.29 is 9.53 Å². The maximum Gasteiger partial charge on any atom is 0.356 e. The quantitative estimate of drug-likeness (QED) is 0.874. The first-order chi connectivity index (χ1) is 8.61. The number of ether oxygens (including phenoxy) is 1. The lowest BCUT2D eigenvalue weighted by molar-refractivity contribution is 0.0519. The lowest BCUT2D eigenvalue weighted by atomic mass is 10.1. The third-order valence-electron chi connectivity index (χ3n) is 2.28. The largest absolute Gasteiger partial charge is 0.461 e. The van der Waals surface area contributed by atoms with Gasteiger partial charge in [0.05, 0.1) is 12.3 Å². The van der Waals surface area contributed by atoms with Crippen LogP contribution in [-0.2, 0) is 4.74 Å². The summed E-state index contributed by atoms with van der Waals surface area (Å²) < 4.78 is 5.70. The van der Waals surface area contributed by atoms with Gasteiger partial charge < -0.3 is 4.74 Å². The number of nitrogens with zero attached hydrogens (tertiary/aromatic N) is 1. The van der Waals surface area contributed by atoms with Gasteiger partial charge in [0.25, 0.3) is 0 Å². The average Bonchev–Trinajstić information content (AvgIpc) is 2.78. The Balaban J connectivity index is 2.32. The van der Waals surface area contributed by atoms with Gasteiger partial charge >= 0.3 is 5.97 Å². The predicted octanol–water partition coefficient (Wildman–Crippen LogP) is 3.67. The molecule has 0 unspecified atom stereocenters. The fraction of sp³-hybridized carbons (Fsp3) is 0.167. The van der Waals surface area contributed by atoms with E-state index in [1.54, 1.807) is 25.1 Å². The van der Waals surface area contributed by atoms with Crippen LogP contribution >= 0.6 is 27.5 Å². The van der Waals surface area contributed by atoms with Crippen LogP contribution in [0.15, 0.2) is 28.7 Å². The van der Waals surface area contributed by atoms with Gasteiger partial charge in [0.1, 0.15) is 5.69 Å². The van der Waals surface area contributed by atoms with Gasteiger partial charge in [0, 0.05) is 15.1 Å². The number of H-pyrrole nitrogens is 1. The molecule has 0 aliphatic carbocycles. The van der Waals surface area contributed by atoms with Gasteiger partial charge in [-0.1, -0.05) is 33.6 Å². The molecule has 0 radical (unpaired) electrons. The number of esters is 1. The molecule has 0 spiro atoms. The second-order valence-corrected chi connectivity index (χ2v) is 4.80. The SMILES string of the molecule is CCOC(=O)c1cc(-c2ccc(Cl)cc2Br)n[nH]1. The highest BCUT2D eigenvalue weighted by atomic mass is 79.9. The van der Waals surface area contributed by atoms with Gasteiger partial charge in [-0.25, -0.2) is 4.79 Å². The van der Waals surface area contributed by atoms with E-state index in [1.807, 2.05) is 6.07 Å². The third kappa shape index (κ3) is 2.73. The number of carbonyl (C=O) groups excluding carboxylic acids is 1. The number of nitrogens with one attached hydrogen (secondary N) is 1. The first kappa shape index (κ1) is 13.1. The Morgan fingerprint density at radius 3 is 2.94 bits per heavy atom. The minimum Gasteiger partial charge on any atom is -0.461 e. The molecule has 2 aromatic rings. The Morgan fingerprint density at radius 2 is 2.28 bits per heavy atom. The number of hydrogen-bond acceptors (Lipinski definition) is 3. The van der Waals surface area contributed by atoms with Gasteiger partial charge in [0.2, 0.25) is 0 Å². The zero-order valence-corrected chi connectivity index (χ0v) is 11.9. The van der Waals surface area contributed by atoms with E-state index in [9.17, 15) is 4.79 Å². The first-order valence-electron chi connectivity index (χ1n) is 5.29. The summed E-state index contributed by atoms with van der Waals surface area (Å²) in [6.07, 6.45) is 0. The van der Waals surface area contributed by atoms with Crippen molar-refractivity contribution in [1.29, 1.82) is 0 Å². The third-order valence-corrected chi connectivity index (χ3v) is 3.17. The normalized spacial score (nSPS) is 10.4. The van der Waals surface area contributed by atoms with Crippen LogP contribution in [0.2, 0.25) is 5.02 Å². The van der Waals surface area contributed by atoms with Crippen LogP contribution in [0.1, 0.15) is 17.4 Å². The molecule has 0 amide bonds. The zero-order chi connectivity index (χ0) is 13.1. The topological polar surface area (TPSA) is 55.0 Å². The Kier molecular flexibility index (Phi) is 4.04. The van der Waals surface area contributed by atoms with E-state index in [0.717, 1.165) is 10.0 Å². The van der Waals surface area contributed by atoms with Crippen molar-refractivity contribution in [3.8, 4) is 11.3 Å². The fourth-order valence-electron chi connectivity index (χ4n) is 1.47. The number of carbonyl (C=O) groups is 1. The summed E-state index contributed by atoms with van der Waals surface area (Å²) in [5.41, 5.74) is 1.83. The zero-order valence-electron chi connectivity index (χ0n) is 9.54. The average molecular weight is 330 g/mol. The molecule has 94 valence electrons. The van der Waals surface area contributed by atoms with E-state index in [4.69, 9.17) is 16.3 Å². The van der Waals surface area contributed by atoms with Crippen molar-refractivity contribution in [1.82, 2.24) is 10.2 Å².